The van der Waals surface area contributed by atoms with Crippen molar-refractivity contribution in [3.05, 3.63) is 36.2 Å². The molecule has 0 heterocycles. The van der Waals surface area contributed by atoms with Crippen molar-refractivity contribution in [1.82, 2.24) is 0 Å². The monoisotopic (exact) mass is 138 g/mol. The van der Waals surface area contributed by atoms with Crippen LogP contribution in [0.5, 0.6) is 0 Å². The molecule has 0 aromatic heterocycles. The molecule has 1 atom stereocenters. The summed E-state index contributed by atoms with van der Waals surface area (Å²) < 4.78 is 12.7. The summed E-state index contributed by atoms with van der Waals surface area (Å²) in [6.45, 7) is 5.58. The summed E-state index contributed by atoms with van der Waals surface area (Å²) in [6, 6.07) is 0. The SMILES string of the molecule is C=CC1=CC(C)CC=C1F. The fourth-order valence-electron chi connectivity index (χ4n) is 1.03. The van der Waals surface area contributed by atoms with Gasteiger partial charge in [0.05, 0.1) is 0 Å². The highest BCUT2D eigenvalue weighted by molar-refractivity contribution is 5.37. The van der Waals surface area contributed by atoms with E-state index in [4.69, 9.17) is 0 Å². The molecule has 1 unspecified atom stereocenters. The lowest BCUT2D eigenvalue weighted by atomic mass is 9.97. The second kappa shape index (κ2) is 2.82. The Bertz CT molecular complexity index is 199. The quantitative estimate of drug-likeness (QED) is 0.522. The van der Waals surface area contributed by atoms with Crippen molar-refractivity contribution in [2.45, 2.75) is 13.3 Å². The van der Waals surface area contributed by atoms with Gasteiger partial charge in [0, 0.05) is 5.57 Å². The van der Waals surface area contributed by atoms with Crippen molar-refractivity contribution in [3.63, 3.8) is 0 Å². The maximum atomic E-state index is 12.7. The van der Waals surface area contributed by atoms with Crippen LogP contribution in [0.15, 0.2) is 36.2 Å². The molecule has 0 fully saturated rings. The molecule has 1 heteroatoms. The Labute approximate surface area is 60.7 Å². The van der Waals surface area contributed by atoms with E-state index in [1.165, 1.54) is 0 Å². The van der Waals surface area contributed by atoms with Crippen LogP contribution >= 0.6 is 0 Å². The van der Waals surface area contributed by atoms with Gasteiger partial charge in [0.15, 0.2) is 0 Å². The number of halogens is 1. The zero-order chi connectivity index (χ0) is 7.56. The summed E-state index contributed by atoms with van der Waals surface area (Å²) in [4.78, 5) is 0. The molecule has 0 aromatic carbocycles. The van der Waals surface area contributed by atoms with Gasteiger partial charge >= 0.3 is 0 Å². The van der Waals surface area contributed by atoms with Gasteiger partial charge in [0.1, 0.15) is 5.83 Å². The molecule has 1 rings (SSSR count). The van der Waals surface area contributed by atoms with Gasteiger partial charge < -0.3 is 0 Å². The third-order valence-electron chi connectivity index (χ3n) is 1.63. The van der Waals surface area contributed by atoms with Crippen LogP contribution in [-0.2, 0) is 0 Å². The Morgan fingerprint density at radius 3 is 3.00 bits per heavy atom. The van der Waals surface area contributed by atoms with Crippen molar-refractivity contribution < 1.29 is 4.39 Å². The zero-order valence-electron chi connectivity index (χ0n) is 6.10. The summed E-state index contributed by atoms with van der Waals surface area (Å²) in [5.41, 5.74) is 0.638. The van der Waals surface area contributed by atoms with Gasteiger partial charge in [-0.05, 0) is 18.4 Å². The first-order chi connectivity index (χ1) is 4.74. The number of hydrogen-bond donors (Lipinski definition) is 0. The minimum atomic E-state index is -0.131. The Kier molecular flexibility index (Phi) is 2.05. The molecule has 10 heavy (non-hydrogen) atoms. The Hall–Kier alpha value is -0.850. The fourth-order valence-corrected chi connectivity index (χ4v) is 1.03. The first-order valence-corrected chi connectivity index (χ1v) is 3.44. The van der Waals surface area contributed by atoms with Gasteiger partial charge in [0.25, 0.3) is 0 Å². The molecule has 0 N–H and O–H groups in total. The molecule has 0 saturated heterocycles. The molecule has 0 aliphatic heterocycles. The Morgan fingerprint density at radius 2 is 2.50 bits per heavy atom. The predicted octanol–water partition coefficient (Wildman–Crippen LogP) is 2.99. The number of hydrogen-bond acceptors (Lipinski definition) is 0. The predicted molar refractivity (Wildman–Crippen MR) is 41.3 cm³/mol. The lowest BCUT2D eigenvalue weighted by Crippen LogP contribution is -1.96. The van der Waals surface area contributed by atoms with Crippen LogP contribution < -0.4 is 0 Å². The Balaban J connectivity index is 2.83. The van der Waals surface area contributed by atoms with Gasteiger partial charge in [-0.25, -0.2) is 4.39 Å². The van der Waals surface area contributed by atoms with Crippen molar-refractivity contribution in [2.24, 2.45) is 5.92 Å². The second-order valence-electron chi connectivity index (χ2n) is 2.59. The third-order valence-corrected chi connectivity index (χ3v) is 1.63. The molecule has 1 aliphatic rings. The zero-order valence-corrected chi connectivity index (χ0v) is 6.10. The van der Waals surface area contributed by atoms with E-state index >= 15 is 0 Å². The smallest absolute Gasteiger partial charge is 0.126 e. The van der Waals surface area contributed by atoms with Crippen LogP contribution in [0.4, 0.5) is 4.39 Å². The first-order valence-electron chi connectivity index (χ1n) is 3.44. The summed E-state index contributed by atoms with van der Waals surface area (Å²) in [6.07, 6.45) is 5.88. The summed E-state index contributed by atoms with van der Waals surface area (Å²) in [5, 5.41) is 0. The largest absolute Gasteiger partial charge is 0.207 e. The van der Waals surface area contributed by atoms with E-state index in [-0.39, 0.29) is 5.83 Å². The van der Waals surface area contributed by atoms with E-state index < -0.39 is 0 Å². The Morgan fingerprint density at radius 1 is 1.80 bits per heavy atom. The van der Waals surface area contributed by atoms with E-state index in [0.717, 1.165) is 6.42 Å². The molecule has 0 nitrogen and oxygen atoms in total. The van der Waals surface area contributed by atoms with E-state index in [9.17, 15) is 4.39 Å². The van der Waals surface area contributed by atoms with E-state index in [0.29, 0.717) is 11.5 Å². The van der Waals surface area contributed by atoms with Crippen molar-refractivity contribution >= 4 is 0 Å². The standard InChI is InChI=1S/C9H11F/c1-3-8-6-7(2)4-5-9(8)10/h3,5-7H,1,4H2,2H3. The van der Waals surface area contributed by atoms with Crippen LogP contribution in [0.3, 0.4) is 0 Å². The molecule has 0 spiro atoms. The topological polar surface area (TPSA) is 0 Å². The van der Waals surface area contributed by atoms with E-state index in [1.54, 1.807) is 12.2 Å². The molecule has 0 bridgehead atoms. The van der Waals surface area contributed by atoms with Gasteiger partial charge in [-0.3, -0.25) is 0 Å². The highest BCUT2D eigenvalue weighted by atomic mass is 19.1. The van der Waals surface area contributed by atoms with Crippen LogP contribution in [0.1, 0.15) is 13.3 Å². The van der Waals surface area contributed by atoms with Gasteiger partial charge in [-0.15, -0.1) is 0 Å². The lowest BCUT2D eigenvalue weighted by Gasteiger charge is -2.10. The molecule has 0 saturated carbocycles. The maximum absolute atomic E-state index is 12.7. The average molecular weight is 138 g/mol. The molecule has 0 amide bonds. The van der Waals surface area contributed by atoms with Crippen molar-refractivity contribution in [2.75, 3.05) is 0 Å². The third kappa shape index (κ3) is 1.35. The molecular formula is C9H11F. The number of allylic oxidation sites excluding steroid dienone is 5. The number of rotatable bonds is 1. The molecular weight excluding hydrogens is 127 g/mol. The van der Waals surface area contributed by atoms with E-state index in [1.807, 2.05) is 6.08 Å². The second-order valence-corrected chi connectivity index (χ2v) is 2.59. The lowest BCUT2D eigenvalue weighted by molar-refractivity contribution is 0.613. The van der Waals surface area contributed by atoms with Crippen molar-refractivity contribution in [3.8, 4) is 0 Å². The van der Waals surface area contributed by atoms with Gasteiger partial charge in [-0.2, -0.15) is 0 Å². The minimum absolute atomic E-state index is 0.131. The fraction of sp³-hybridized carbons (Fsp3) is 0.333. The molecule has 1 aliphatic carbocycles. The summed E-state index contributed by atoms with van der Waals surface area (Å²) in [5.74, 6) is 0.320. The average Bonchev–Trinajstić information content (AvgIpc) is 1.94. The van der Waals surface area contributed by atoms with Crippen LogP contribution in [0.25, 0.3) is 0 Å². The van der Waals surface area contributed by atoms with Crippen molar-refractivity contribution in [1.29, 1.82) is 0 Å². The van der Waals surface area contributed by atoms with Gasteiger partial charge in [0.2, 0.25) is 0 Å². The van der Waals surface area contributed by atoms with Crippen LogP contribution in [-0.4, -0.2) is 0 Å². The first kappa shape index (κ1) is 7.26. The van der Waals surface area contributed by atoms with Crippen LogP contribution in [0, 0.1) is 5.92 Å². The van der Waals surface area contributed by atoms with Gasteiger partial charge in [-0.1, -0.05) is 25.7 Å². The maximum Gasteiger partial charge on any atom is 0.126 e. The minimum Gasteiger partial charge on any atom is -0.207 e. The molecule has 54 valence electrons. The van der Waals surface area contributed by atoms with E-state index in [2.05, 4.69) is 13.5 Å². The normalized spacial score (nSPS) is 25.2. The summed E-state index contributed by atoms with van der Waals surface area (Å²) in [7, 11) is 0. The van der Waals surface area contributed by atoms with Crippen LogP contribution in [0.2, 0.25) is 0 Å². The molecule has 0 aromatic rings. The highest BCUT2D eigenvalue weighted by Crippen LogP contribution is 2.23. The molecule has 0 radical (unpaired) electrons. The highest BCUT2D eigenvalue weighted by Gasteiger charge is 2.08. The summed E-state index contributed by atoms with van der Waals surface area (Å²) >= 11 is 0.